The zero-order valence-corrected chi connectivity index (χ0v) is 33.0. The normalized spacial score (nSPS) is 49.7. The van der Waals surface area contributed by atoms with Crippen LogP contribution < -0.4 is 0 Å². The summed E-state index contributed by atoms with van der Waals surface area (Å²) < 4.78 is 37.1. The van der Waals surface area contributed by atoms with Crippen molar-refractivity contribution in [3.63, 3.8) is 0 Å². The Morgan fingerprint density at radius 1 is 0.922 bits per heavy atom. The largest absolute Gasteiger partial charge is 0.459 e. The van der Waals surface area contributed by atoms with Gasteiger partial charge in [-0.3, -0.25) is 4.79 Å². The number of hydrogen-bond acceptors (Lipinski definition) is 14. The van der Waals surface area contributed by atoms with Gasteiger partial charge in [-0.2, -0.15) is 0 Å². The number of aliphatic hydroxyl groups is 5. The van der Waals surface area contributed by atoms with E-state index in [0.717, 1.165) is 0 Å². The second-order valence-electron chi connectivity index (χ2n) is 16.6. The smallest absolute Gasteiger partial charge is 0.311 e. The molecule has 3 heterocycles. The Hall–Kier alpha value is -1.30. The van der Waals surface area contributed by atoms with Crippen LogP contribution in [0.25, 0.3) is 0 Å². The molecular weight excluding hydrogens is 664 g/mol. The molecule has 3 rings (SSSR count). The van der Waals surface area contributed by atoms with Crippen LogP contribution in [0.2, 0.25) is 0 Å². The number of nitrogens with one attached hydrogen (secondary N) is 1. The molecule has 0 spiro atoms. The number of carbonyl (C=O) groups is 1. The van der Waals surface area contributed by atoms with Gasteiger partial charge in [0, 0.05) is 36.6 Å². The number of methoxy groups -OCH3 is 1. The number of rotatable bonds is 7. The lowest BCUT2D eigenvalue weighted by atomic mass is 9.73. The van der Waals surface area contributed by atoms with Crippen LogP contribution in [0.1, 0.15) is 88.5 Å². The molecular formula is C37H68N2O12. The zero-order valence-electron chi connectivity index (χ0n) is 33.0. The van der Waals surface area contributed by atoms with E-state index >= 15 is 0 Å². The second-order valence-corrected chi connectivity index (χ2v) is 16.6. The van der Waals surface area contributed by atoms with Crippen molar-refractivity contribution in [3.8, 4) is 0 Å². The van der Waals surface area contributed by atoms with Gasteiger partial charge in [-0.1, -0.05) is 34.6 Å². The van der Waals surface area contributed by atoms with Gasteiger partial charge < -0.3 is 64.3 Å². The van der Waals surface area contributed by atoms with Crippen LogP contribution in [-0.2, 0) is 33.2 Å². The highest BCUT2D eigenvalue weighted by molar-refractivity contribution is 5.86. The van der Waals surface area contributed by atoms with E-state index in [1.165, 1.54) is 14.0 Å². The Kier molecular flexibility index (Phi) is 14.7. The van der Waals surface area contributed by atoms with E-state index in [-0.39, 0.29) is 37.3 Å². The Morgan fingerprint density at radius 2 is 1.53 bits per heavy atom. The molecule has 298 valence electrons. The molecule has 3 saturated heterocycles. The summed E-state index contributed by atoms with van der Waals surface area (Å²) in [6, 6.07) is -0.306. The summed E-state index contributed by atoms with van der Waals surface area (Å²) in [5.41, 5.74) is -4.55. The van der Waals surface area contributed by atoms with Crippen LogP contribution in [0.4, 0.5) is 0 Å². The minimum Gasteiger partial charge on any atom is -0.459 e. The molecule has 3 aliphatic rings. The van der Waals surface area contributed by atoms with Gasteiger partial charge in [0.2, 0.25) is 0 Å². The average Bonchev–Trinajstić information content (AvgIpc) is 3.06. The maximum atomic E-state index is 14.1. The third-order valence-corrected chi connectivity index (χ3v) is 12.0. The number of aliphatic hydroxyl groups excluding tert-OH is 3. The van der Waals surface area contributed by atoms with Crippen LogP contribution in [0.5, 0.6) is 0 Å². The first-order valence-electron chi connectivity index (χ1n) is 18.5. The van der Waals surface area contributed by atoms with Gasteiger partial charge in [-0.25, -0.2) is 0 Å². The quantitative estimate of drug-likeness (QED) is 0.208. The summed E-state index contributed by atoms with van der Waals surface area (Å²) in [5, 5.41) is 67.2. The summed E-state index contributed by atoms with van der Waals surface area (Å²) in [7, 11) is 5.21. The lowest BCUT2D eigenvalue weighted by Gasteiger charge is -2.49. The Labute approximate surface area is 304 Å². The fraction of sp³-hybridized carbons (Fsp3) is 0.946. The van der Waals surface area contributed by atoms with Crippen molar-refractivity contribution < 1.29 is 58.7 Å². The maximum Gasteiger partial charge on any atom is 0.311 e. The molecule has 0 saturated carbocycles. The van der Waals surface area contributed by atoms with Crippen LogP contribution in [0, 0.1) is 35.0 Å². The highest BCUT2D eigenvalue weighted by atomic mass is 16.7. The van der Waals surface area contributed by atoms with Gasteiger partial charge in [0.1, 0.15) is 23.4 Å². The predicted molar refractivity (Wildman–Crippen MR) is 189 cm³/mol. The van der Waals surface area contributed by atoms with E-state index in [2.05, 4.69) is 0 Å². The molecule has 0 aliphatic carbocycles. The summed E-state index contributed by atoms with van der Waals surface area (Å²) in [5.74, 6) is -4.67. The summed E-state index contributed by atoms with van der Waals surface area (Å²) in [4.78, 5) is 16.0. The fourth-order valence-electron chi connectivity index (χ4n) is 8.35. The molecule has 0 radical (unpaired) electrons. The molecule has 18 atom stereocenters. The number of nitrogens with zero attached hydrogens (tertiary/aromatic N) is 1. The molecule has 18 unspecified atom stereocenters. The lowest BCUT2D eigenvalue weighted by molar-refractivity contribution is -0.319. The first-order valence-corrected chi connectivity index (χ1v) is 18.5. The summed E-state index contributed by atoms with van der Waals surface area (Å²) in [6.07, 6.45) is -8.66. The highest BCUT2D eigenvalue weighted by Crippen LogP contribution is 2.40. The molecule has 6 N–H and O–H groups in total. The first-order chi connectivity index (χ1) is 23.4. The van der Waals surface area contributed by atoms with E-state index in [1.807, 2.05) is 25.9 Å². The molecule has 51 heavy (non-hydrogen) atoms. The molecule has 0 bridgehead atoms. The number of cyclic esters (lactones) is 1. The van der Waals surface area contributed by atoms with Gasteiger partial charge >= 0.3 is 5.97 Å². The van der Waals surface area contributed by atoms with Gasteiger partial charge in [0.05, 0.1) is 48.6 Å². The molecule has 0 aromatic rings. The number of hydrogen-bond donors (Lipinski definition) is 6. The van der Waals surface area contributed by atoms with Crippen molar-refractivity contribution in [2.75, 3.05) is 27.8 Å². The van der Waals surface area contributed by atoms with Gasteiger partial charge in [-0.05, 0) is 73.9 Å². The second kappa shape index (κ2) is 17.0. The van der Waals surface area contributed by atoms with Crippen LogP contribution in [-0.4, -0.2) is 148 Å². The topological polar surface area (TPSA) is 201 Å². The number of carbonyl (C=O) groups excluding carboxylic acids is 1. The lowest BCUT2D eigenvalue weighted by Crippen LogP contribution is -2.61. The Balaban J connectivity index is 2.18. The number of esters is 1. The first kappa shape index (κ1) is 44.1. The minimum atomic E-state index is -1.92. The van der Waals surface area contributed by atoms with Crippen LogP contribution in [0.15, 0.2) is 0 Å². The third kappa shape index (κ3) is 9.33. The zero-order chi connectivity index (χ0) is 39.0. The molecule has 3 aliphatic heterocycles. The molecule has 0 aromatic heterocycles. The predicted octanol–water partition coefficient (Wildman–Crippen LogP) is 2.09. The molecule has 0 aromatic carbocycles. The fourth-order valence-corrected chi connectivity index (χ4v) is 8.35. The van der Waals surface area contributed by atoms with Crippen molar-refractivity contribution in [3.05, 3.63) is 0 Å². The molecule has 14 nitrogen and oxygen atoms in total. The standard InChI is InChI=1S/C37H68N2O12/c1-14-25-37(10,45)30(42)20(4)26(38)18(2)16-35(8,44)31(51-34-27(40)24(39(11)12)15-19(3)48-34)21(5)28(22(6)32(43)49-25)50-33-23(7)29(41)36(9,46-13)17-47-33/h18-25,27-31,33-34,38,40-42,44-45H,14-17H2,1-13H3. The van der Waals surface area contributed by atoms with Crippen molar-refractivity contribution in [1.82, 2.24) is 4.90 Å². The van der Waals surface area contributed by atoms with Gasteiger partial charge in [-0.15, -0.1) is 0 Å². The van der Waals surface area contributed by atoms with Gasteiger partial charge in [0.25, 0.3) is 0 Å². The van der Waals surface area contributed by atoms with Crippen molar-refractivity contribution in [2.24, 2.45) is 29.6 Å². The molecule has 14 heteroatoms. The van der Waals surface area contributed by atoms with Crippen molar-refractivity contribution in [1.29, 1.82) is 5.41 Å². The Bertz CT molecular complexity index is 1170. The van der Waals surface area contributed by atoms with E-state index in [4.69, 9.17) is 33.8 Å². The number of ether oxygens (including phenoxy) is 6. The maximum absolute atomic E-state index is 14.1. The van der Waals surface area contributed by atoms with E-state index in [1.54, 1.807) is 55.4 Å². The molecule has 0 amide bonds. The average molecular weight is 733 g/mol. The number of likely N-dealkylation sites (N-methyl/N-ethyl adjacent to an activating group) is 1. The Morgan fingerprint density at radius 3 is 2.08 bits per heavy atom. The highest BCUT2D eigenvalue weighted by Gasteiger charge is 2.53. The monoisotopic (exact) mass is 732 g/mol. The van der Waals surface area contributed by atoms with E-state index in [9.17, 15) is 30.3 Å². The molecule has 3 fully saturated rings. The van der Waals surface area contributed by atoms with Crippen molar-refractivity contribution in [2.45, 2.75) is 167 Å². The minimum absolute atomic E-state index is 0.000358. The van der Waals surface area contributed by atoms with E-state index in [0.29, 0.717) is 6.42 Å². The van der Waals surface area contributed by atoms with Gasteiger partial charge in [0.15, 0.2) is 12.6 Å². The summed E-state index contributed by atoms with van der Waals surface area (Å²) in [6.45, 7) is 16.8. The SMILES string of the molecule is CCC1OC(=O)C(C)C(OC2OCC(C)(OC)C(O)C2C)C(C)C(OC2OC(C)CC(N(C)C)C2O)C(C)(O)CC(C)C(=N)C(C)C(O)C1(C)O. The van der Waals surface area contributed by atoms with Crippen LogP contribution in [0.3, 0.4) is 0 Å². The van der Waals surface area contributed by atoms with E-state index < -0.39 is 102 Å². The third-order valence-electron chi connectivity index (χ3n) is 12.0. The summed E-state index contributed by atoms with van der Waals surface area (Å²) >= 11 is 0. The van der Waals surface area contributed by atoms with Crippen molar-refractivity contribution >= 4 is 11.7 Å². The van der Waals surface area contributed by atoms with Crippen LogP contribution >= 0.6 is 0 Å².